The number of aromatic nitrogens is 3. The zero-order valence-corrected chi connectivity index (χ0v) is 16.1. The molecule has 146 valence electrons. The van der Waals surface area contributed by atoms with E-state index in [-0.39, 0.29) is 6.04 Å². The smallest absolute Gasteiger partial charge is 0.225 e. The summed E-state index contributed by atoms with van der Waals surface area (Å²) in [6, 6.07) is 14.3. The Hall–Kier alpha value is -3.24. The van der Waals surface area contributed by atoms with Gasteiger partial charge in [0.2, 0.25) is 5.95 Å². The molecule has 0 unspecified atom stereocenters. The summed E-state index contributed by atoms with van der Waals surface area (Å²) in [7, 11) is -2.23. The Morgan fingerprint density at radius 1 is 1.04 bits per heavy atom. The monoisotopic (exact) mass is 398 g/mol. The van der Waals surface area contributed by atoms with Crippen LogP contribution in [-0.4, -0.2) is 25.5 Å². The highest BCUT2D eigenvalue weighted by Gasteiger charge is 2.08. The van der Waals surface area contributed by atoms with Crippen LogP contribution < -0.4 is 16.2 Å². The van der Waals surface area contributed by atoms with Gasteiger partial charge in [-0.2, -0.15) is 4.98 Å². The lowest BCUT2D eigenvalue weighted by Crippen LogP contribution is -2.16. The topological polar surface area (TPSA) is 124 Å². The van der Waals surface area contributed by atoms with Crippen LogP contribution in [0, 0.1) is 0 Å². The molecular weight excluding hydrogens is 378 g/mol. The predicted octanol–water partition coefficient (Wildman–Crippen LogP) is 4.05. The van der Waals surface area contributed by atoms with Crippen molar-refractivity contribution < 1.29 is 8.76 Å². The van der Waals surface area contributed by atoms with Gasteiger partial charge in [0, 0.05) is 24.0 Å². The van der Waals surface area contributed by atoms with Gasteiger partial charge in [-0.15, -0.1) is 0 Å². The van der Waals surface area contributed by atoms with Crippen LogP contribution in [0.15, 0.2) is 59.1 Å². The normalized spacial score (nSPS) is 12.0. The van der Waals surface area contributed by atoms with Gasteiger partial charge >= 0.3 is 0 Å². The van der Waals surface area contributed by atoms with E-state index in [2.05, 4.69) is 35.5 Å². The van der Waals surface area contributed by atoms with Crippen LogP contribution in [-0.2, 0) is 15.1 Å². The Morgan fingerprint density at radius 3 is 2.46 bits per heavy atom. The highest BCUT2D eigenvalue weighted by atomic mass is 32.2. The lowest BCUT2D eigenvalue weighted by Gasteiger charge is -2.14. The number of nitrogens with one attached hydrogen (secondary N) is 3. The highest BCUT2D eigenvalue weighted by molar-refractivity contribution is 7.68. The summed E-state index contributed by atoms with van der Waals surface area (Å²) in [6.07, 6.45) is 1.71. The lowest BCUT2D eigenvalue weighted by molar-refractivity contribution is 0.529. The molecular formula is C18H20N7O2S-. The number of hydrazine groups is 1. The molecule has 0 saturated carbocycles. The third-order valence-corrected chi connectivity index (χ3v) is 3.82. The molecule has 0 saturated heterocycles. The Morgan fingerprint density at radius 2 is 1.82 bits per heavy atom. The fraction of sp³-hybridized carbons (Fsp3) is 0.167. The predicted molar refractivity (Wildman–Crippen MR) is 110 cm³/mol. The van der Waals surface area contributed by atoms with E-state index >= 15 is 0 Å². The molecule has 0 amide bonds. The van der Waals surface area contributed by atoms with E-state index in [1.165, 1.54) is 0 Å². The Balaban J connectivity index is 1.80. The van der Waals surface area contributed by atoms with Crippen molar-refractivity contribution in [2.75, 3.05) is 16.2 Å². The molecule has 0 aliphatic rings. The van der Waals surface area contributed by atoms with Crippen LogP contribution >= 0.6 is 0 Å². The Labute approximate surface area is 164 Å². The van der Waals surface area contributed by atoms with Gasteiger partial charge in [0.15, 0.2) is 5.82 Å². The fourth-order valence-corrected chi connectivity index (χ4v) is 2.61. The van der Waals surface area contributed by atoms with Crippen LogP contribution in [0.25, 0.3) is 11.4 Å². The molecule has 0 fully saturated rings. The average molecular weight is 398 g/mol. The summed E-state index contributed by atoms with van der Waals surface area (Å²) in [5.41, 5.74) is 8.64. The fourth-order valence-electron chi connectivity index (χ4n) is 2.31. The van der Waals surface area contributed by atoms with Crippen molar-refractivity contribution in [2.24, 2.45) is 4.36 Å². The standard InChI is InChI=1S/C18H20N7O2S/c1-12(2)20-18-21-16(15-5-3-4-10-19-15)11-17(22-18)24-23-13-6-8-14(9-7-13)25-28(26)27/h3-12,23H,1-2H3,(H,25,26,27)(H2,20,21,22,24)/q-1. The van der Waals surface area contributed by atoms with E-state index in [4.69, 9.17) is 4.55 Å². The van der Waals surface area contributed by atoms with E-state index in [0.29, 0.717) is 23.1 Å². The molecule has 9 nitrogen and oxygen atoms in total. The van der Waals surface area contributed by atoms with Gasteiger partial charge in [0.05, 0.1) is 17.1 Å². The largest absolute Gasteiger partial charge is 0.454 e. The number of benzene rings is 1. The zero-order chi connectivity index (χ0) is 19.9. The molecule has 3 rings (SSSR count). The molecule has 2 heterocycles. The minimum absolute atomic E-state index is 0.174. The van der Waals surface area contributed by atoms with Crippen molar-refractivity contribution >= 4 is 34.0 Å². The first-order chi connectivity index (χ1) is 13.5. The second-order valence-electron chi connectivity index (χ2n) is 6.09. The second kappa shape index (κ2) is 9.11. The van der Waals surface area contributed by atoms with Crippen LogP contribution in [0.3, 0.4) is 0 Å². The maximum Gasteiger partial charge on any atom is 0.225 e. The molecule has 0 aliphatic heterocycles. The Kier molecular flexibility index (Phi) is 6.35. The lowest BCUT2D eigenvalue weighted by atomic mass is 10.2. The van der Waals surface area contributed by atoms with Gasteiger partial charge in [-0.3, -0.25) is 15.8 Å². The SMILES string of the molecule is CC(C)Nc1nc(NNc2ccc(N=[S-](=O)O)cc2)cc(-c2ccccn2)n1. The summed E-state index contributed by atoms with van der Waals surface area (Å²) in [5, 5.41) is 3.20. The van der Waals surface area contributed by atoms with Gasteiger partial charge in [-0.25, -0.2) is 4.98 Å². The van der Waals surface area contributed by atoms with Crippen molar-refractivity contribution in [3.8, 4) is 11.4 Å². The van der Waals surface area contributed by atoms with Crippen molar-refractivity contribution in [1.29, 1.82) is 0 Å². The van der Waals surface area contributed by atoms with Crippen LogP contribution in [0.2, 0.25) is 0 Å². The third-order valence-electron chi connectivity index (χ3n) is 3.46. The van der Waals surface area contributed by atoms with Crippen molar-refractivity contribution in [3.05, 3.63) is 54.7 Å². The molecule has 1 aromatic carbocycles. The number of pyridine rings is 1. The number of hydrogen-bond donors (Lipinski definition) is 4. The van der Waals surface area contributed by atoms with E-state index in [0.717, 1.165) is 11.4 Å². The molecule has 0 bridgehead atoms. The molecule has 28 heavy (non-hydrogen) atoms. The van der Waals surface area contributed by atoms with Crippen molar-refractivity contribution in [3.63, 3.8) is 0 Å². The first kappa shape index (κ1) is 19.5. The zero-order valence-electron chi connectivity index (χ0n) is 15.3. The van der Waals surface area contributed by atoms with E-state index in [1.807, 2.05) is 32.0 Å². The molecule has 10 heteroatoms. The van der Waals surface area contributed by atoms with Crippen LogP contribution in [0.5, 0.6) is 0 Å². The summed E-state index contributed by atoms with van der Waals surface area (Å²) in [4.78, 5) is 13.3. The maximum absolute atomic E-state index is 10.7. The molecule has 2 aromatic heterocycles. The number of anilines is 3. The first-order valence-corrected chi connectivity index (χ1v) is 9.58. The first-order valence-electron chi connectivity index (χ1n) is 8.51. The summed E-state index contributed by atoms with van der Waals surface area (Å²) < 4.78 is 23.0. The summed E-state index contributed by atoms with van der Waals surface area (Å²) >= 11 is 0. The second-order valence-corrected chi connectivity index (χ2v) is 6.74. The summed E-state index contributed by atoms with van der Waals surface area (Å²) in [5.74, 6) is 1.05. The highest BCUT2D eigenvalue weighted by Crippen LogP contribution is 2.21. The summed E-state index contributed by atoms with van der Waals surface area (Å²) in [6.45, 7) is 4.02. The molecule has 4 N–H and O–H groups in total. The van der Waals surface area contributed by atoms with Crippen LogP contribution in [0.1, 0.15) is 13.8 Å². The number of rotatable bonds is 7. The van der Waals surface area contributed by atoms with Crippen molar-refractivity contribution in [1.82, 2.24) is 15.0 Å². The average Bonchev–Trinajstić information content (AvgIpc) is 2.67. The number of hydrogen-bond acceptors (Lipinski definition) is 9. The molecule has 0 aliphatic carbocycles. The van der Waals surface area contributed by atoms with E-state index < -0.39 is 10.9 Å². The third kappa shape index (κ3) is 5.63. The minimum Gasteiger partial charge on any atom is -0.454 e. The number of nitrogens with zero attached hydrogens (tertiary/aromatic N) is 4. The molecule has 0 atom stereocenters. The molecule has 0 spiro atoms. The van der Waals surface area contributed by atoms with Gasteiger partial charge in [0.25, 0.3) is 0 Å². The quantitative estimate of drug-likeness (QED) is 0.267. The van der Waals surface area contributed by atoms with Crippen molar-refractivity contribution in [2.45, 2.75) is 19.9 Å². The van der Waals surface area contributed by atoms with Crippen LogP contribution in [0.4, 0.5) is 23.1 Å². The van der Waals surface area contributed by atoms with Gasteiger partial charge in [-0.1, -0.05) is 16.9 Å². The molecule has 0 radical (unpaired) electrons. The van der Waals surface area contributed by atoms with E-state index in [1.54, 1.807) is 36.5 Å². The van der Waals surface area contributed by atoms with Gasteiger partial charge < -0.3 is 18.4 Å². The van der Waals surface area contributed by atoms with E-state index in [9.17, 15) is 4.21 Å². The van der Waals surface area contributed by atoms with Gasteiger partial charge in [0.1, 0.15) is 0 Å². The molecule has 3 aromatic rings. The maximum atomic E-state index is 10.7. The minimum atomic E-state index is -2.23. The Bertz CT molecular complexity index is 1000. The van der Waals surface area contributed by atoms with Gasteiger partial charge in [-0.05, 0) is 50.2 Å².